The summed E-state index contributed by atoms with van der Waals surface area (Å²) >= 11 is 24.2. The summed E-state index contributed by atoms with van der Waals surface area (Å²) in [5.41, 5.74) is -0.331. The third-order valence-electron chi connectivity index (χ3n) is 4.51. The molecule has 6 nitrogen and oxygen atoms in total. The number of benzene rings is 2. The zero-order valence-electron chi connectivity index (χ0n) is 16.6. The SMILES string of the molecule is CC(C)(C)Oc1ccc(C[C@@H](C(=O)O)N2C(=O)c3c(Cl)c(Cl)c(Cl)c(Cl)c3C2=O)cc1. The van der Waals surface area contributed by atoms with E-state index in [1.165, 1.54) is 0 Å². The average molecular weight is 505 g/mol. The number of carboxylic acids is 1. The van der Waals surface area contributed by atoms with E-state index in [0.29, 0.717) is 16.2 Å². The van der Waals surface area contributed by atoms with Crippen molar-refractivity contribution in [3.8, 4) is 5.75 Å². The number of halogens is 4. The lowest BCUT2D eigenvalue weighted by Crippen LogP contribution is -2.46. The van der Waals surface area contributed by atoms with E-state index >= 15 is 0 Å². The fourth-order valence-corrected chi connectivity index (χ4v) is 4.22. The standard InChI is InChI=1S/C21H17Cl4NO5/c1-21(2,3)31-10-6-4-9(5-7-10)8-11(20(29)30)26-18(27)12-13(19(26)28)15(23)17(25)16(24)14(12)22/h4-7,11H,8H2,1-3H3,(H,29,30)/t11-/m0/s1. The third-order valence-corrected chi connectivity index (χ3v) is 6.31. The van der Waals surface area contributed by atoms with E-state index in [9.17, 15) is 19.5 Å². The van der Waals surface area contributed by atoms with Crippen LogP contribution in [0.4, 0.5) is 0 Å². The van der Waals surface area contributed by atoms with Crippen LogP contribution in [0.25, 0.3) is 0 Å². The van der Waals surface area contributed by atoms with Crippen molar-refractivity contribution in [1.82, 2.24) is 4.90 Å². The number of imide groups is 1. The molecule has 2 aromatic rings. The van der Waals surface area contributed by atoms with Gasteiger partial charge in [-0.15, -0.1) is 0 Å². The van der Waals surface area contributed by atoms with E-state index in [-0.39, 0.29) is 37.6 Å². The van der Waals surface area contributed by atoms with Gasteiger partial charge in [-0.25, -0.2) is 4.79 Å². The lowest BCUT2D eigenvalue weighted by molar-refractivity contribution is -0.141. The van der Waals surface area contributed by atoms with Crippen LogP contribution in [0, 0.1) is 0 Å². The largest absolute Gasteiger partial charge is 0.488 e. The summed E-state index contributed by atoms with van der Waals surface area (Å²) in [5, 5.41) is 8.91. The molecule has 2 aromatic carbocycles. The number of ether oxygens (including phenoxy) is 1. The molecule has 0 bridgehead atoms. The van der Waals surface area contributed by atoms with Crippen molar-refractivity contribution in [2.75, 3.05) is 0 Å². The van der Waals surface area contributed by atoms with Crippen LogP contribution in [0.5, 0.6) is 5.75 Å². The molecule has 1 aliphatic heterocycles. The zero-order chi connectivity index (χ0) is 23.2. The summed E-state index contributed by atoms with van der Waals surface area (Å²) in [7, 11) is 0. The molecule has 164 valence electrons. The van der Waals surface area contributed by atoms with Gasteiger partial charge in [-0.1, -0.05) is 58.5 Å². The Kier molecular flexibility index (Phi) is 6.50. The maximum absolute atomic E-state index is 13.0. The maximum atomic E-state index is 13.0. The molecule has 2 amide bonds. The minimum atomic E-state index is -1.49. The number of carbonyl (C=O) groups is 3. The first-order valence-corrected chi connectivity index (χ1v) is 10.6. The molecule has 1 N–H and O–H groups in total. The van der Waals surface area contributed by atoms with E-state index in [4.69, 9.17) is 51.1 Å². The second kappa shape index (κ2) is 8.51. The smallest absolute Gasteiger partial charge is 0.327 e. The van der Waals surface area contributed by atoms with Gasteiger partial charge in [-0.3, -0.25) is 14.5 Å². The maximum Gasteiger partial charge on any atom is 0.327 e. The van der Waals surface area contributed by atoms with Crippen molar-refractivity contribution in [3.63, 3.8) is 0 Å². The molecule has 0 saturated carbocycles. The van der Waals surface area contributed by atoms with Gasteiger partial charge >= 0.3 is 5.97 Å². The molecule has 0 spiro atoms. The fourth-order valence-electron chi connectivity index (χ4n) is 3.21. The minimum Gasteiger partial charge on any atom is -0.488 e. The van der Waals surface area contributed by atoms with Crippen LogP contribution in [-0.4, -0.2) is 39.4 Å². The number of carbonyl (C=O) groups excluding carboxylic acids is 2. The molecule has 31 heavy (non-hydrogen) atoms. The van der Waals surface area contributed by atoms with Crippen LogP contribution >= 0.6 is 46.4 Å². The number of carboxylic acid groups (broad SMARTS) is 1. The molecule has 3 rings (SSSR count). The molecule has 1 atom stereocenters. The van der Waals surface area contributed by atoms with Crippen molar-refractivity contribution in [1.29, 1.82) is 0 Å². The monoisotopic (exact) mass is 503 g/mol. The first-order chi connectivity index (χ1) is 14.3. The van der Waals surface area contributed by atoms with Crippen LogP contribution in [-0.2, 0) is 11.2 Å². The topological polar surface area (TPSA) is 83.9 Å². The van der Waals surface area contributed by atoms with Crippen molar-refractivity contribution < 1.29 is 24.2 Å². The van der Waals surface area contributed by atoms with Gasteiger partial charge in [0.25, 0.3) is 11.8 Å². The summed E-state index contributed by atoms with van der Waals surface area (Å²) in [4.78, 5) is 38.6. The second-order valence-corrected chi connectivity index (χ2v) is 9.41. The summed E-state index contributed by atoms with van der Waals surface area (Å²) in [6.45, 7) is 5.70. The van der Waals surface area contributed by atoms with Gasteiger partial charge in [0.15, 0.2) is 0 Å². The van der Waals surface area contributed by atoms with Crippen LogP contribution in [0.2, 0.25) is 20.1 Å². The highest BCUT2D eigenvalue weighted by atomic mass is 35.5. The van der Waals surface area contributed by atoms with E-state index in [1.54, 1.807) is 24.3 Å². The Labute approximate surface area is 198 Å². The molecule has 10 heteroatoms. The van der Waals surface area contributed by atoms with Crippen molar-refractivity contribution in [2.45, 2.75) is 38.8 Å². The summed E-state index contributed by atoms with van der Waals surface area (Å²) in [5.74, 6) is -2.56. The Bertz CT molecular complexity index is 1050. The van der Waals surface area contributed by atoms with Gasteiger partial charge in [-0.2, -0.15) is 0 Å². The Morgan fingerprint density at radius 3 is 1.77 bits per heavy atom. The van der Waals surface area contributed by atoms with Crippen molar-refractivity contribution >= 4 is 64.2 Å². The number of aliphatic carboxylic acids is 1. The number of rotatable bonds is 5. The van der Waals surface area contributed by atoms with Gasteiger partial charge in [-0.05, 0) is 38.5 Å². The molecule has 1 heterocycles. The first-order valence-electron chi connectivity index (χ1n) is 9.08. The number of fused-ring (bicyclic) bond motifs is 1. The van der Waals surface area contributed by atoms with Crippen molar-refractivity contribution in [3.05, 3.63) is 61.0 Å². The Morgan fingerprint density at radius 2 is 1.39 bits per heavy atom. The summed E-state index contributed by atoms with van der Waals surface area (Å²) in [6, 6.07) is 5.22. The van der Waals surface area contributed by atoms with Gasteiger partial charge in [0, 0.05) is 6.42 Å². The molecule has 0 aromatic heterocycles. The predicted octanol–water partition coefficient (Wildman–Crippen LogP) is 5.77. The average Bonchev–Trinajstić information content (AvgIpc) is 2.93. The van der Waals surface area contributed by atoms with E-state index < -0.39 is 29.4 Å². The number of hydrogen-bond donors (Lipinski definition) is 1. The molecule has 1 aliphatic rings. The summed E-state index contributed by atoms with van der Waals surface area (Å²) < 4.78 is 5.74. The molecule has 0 radical (unpaired) electrons. The highest BCUT2D eigenvalue weighted by Crippen LogP contribution is 2.45. The van der Waals surface area contributed by atoms with E-state index in [1.807, 2.05) is 20.8 Å². The van der Waals surface area contributed by atoms with Crippen LogP contribution < -0.4 is 4.74 Å². The number of hydrogen-bond acceptors (Lipinski definition) is 4. The fraction of sp³-hybridized carbons (Fsp3) is 0.286. The van der Waals surface area contributed by atoms with Crippen LogP contribution in [0.3, 0.4) is 0 Å². The number of amides is 2. The van der Waals surface area contributed by atoms with Crippen molar-refractivity contribution in [2.24, 2.45) is 0 Å². The minimum absolute atomic E-state index is 0.132. The first kappa shape index (κ1) is 23.7. The molecular formula is C21H17Cl4NO5. The lowest BCUT2D eigenvalue weighted by Gasteiger charge is -2.23. The normalized spacial score (nSPS) is 14.6. The molecule has 0 saturated heterocycles. The van der Waals surface area contributed by atoms with E-state index in [2.05, 4.69) is 0 Å². The third kappa shape index (κ3) is 4.48. The van der Waals surface area contributed by atoms with Crippen LogP contribution in [0.1, 0.15) is 47.1 Å². The van der Waals surface area contributed by atoms with E-state index in [0.717, 1.165) is 0 Å². The predicted molar refractivity (Wildman–Crippen MR) is 119 cm³/mol. The van der Waals surface area contributed by atoms with Crippen LogP contribution in [0.15, 0.2) is 24.3 Å². The molecule has 0 aliphatic carbocycles. The molecule has 0 unspecified atom stereocenters. The van der Waals surface area contributed by atoms with Gasteiger partial charge < -0.3 is 9.84 Å². The van der Waals surface area contributed by atoms with Gasteiger partial charge in [0.1, 0.15) is 17.4 Å². The van der Waals surface area contributed by atoms with Gasteiger partial charge in [0.2, 0.25) is 0 Å². The highest BCUT2D eigenvalue weighted by molar-refractivity contribution is 6.55. The van der Waals surface area contributed by atoms with Gasteiger partial charge in [0.05, 0.1) is 31.2 Å². The molecule has 0 fully saturated rings. The Hall–Kier alpha value is -1.99. The quantitative estimate of drug-likeness (QED) is 0.317. The second-order valence-electron chi connectivity index (χ2n) is 7.90. The summed E-state index contributed by atoms with van der Waals surface area (Å²) in [6.07, 6.45) is -0.132. The Balaban J connectivity index is 1.95. The number of nitrogens with zero attached hydrogens (tertiary/aromatic N) is 1. The Morgan fingerprint density at radius 1 is 0.935 bits per heavy atom. The molecular weight excluding hydrogens is 488 g/mol. The zero-order valence-corrected chi connectivity index (χ0v) is 19.7. The highest BCUT2D eigenvalue weighted by Gasteiger charge is 2.46. The lowest BCUT2D eigenvalue weighted by atomic mass is 10.0.